The monoisotopic (exact) mass is 247 g/mol. The smallest absolute Gasteiger partial charge is 0.128 e. The van der Waals surface area contributed by atoms with Crippen molar-refractivity contribution in [3.63, 3.8) is 0 Å². The molecule has 1 fully saturated rings. The van der Waals surface area contributed by atoms with Gasteiger partial charge in [0.05, 0.1) is 11.4 Å². The highest BCUT2D eigenvalue weighted by molar-refractivity contribution is 5.50. The molecule has 2 rings (SSSR count). The number of anilines is 2. The van der Waals surface area contributed by atoms with Crippen LogP contribution in [0.25, 0.3) is 0 Å². The average Bonchev–Trinajstić information content (AvgIpc) is 2.32. The van der Waals surface area contributed by atoms with Crippen molar-refractivity contribution >= 4 is 11.5 Å². The van der Waals surface area contributed by atoms with Crippen molar-refractivity contribution < 1.29 is 0 Å². The Morgan fingerprint density at radius 2 is 1.89 bits per heavy atom. The topological polar surface area (TPSA) is 42.2 Å². The van der Waals surface area contributed by atoms with Gasteiger partial charge in [0.25, 0.3) is 0 Å². The zero-order valence-electron chi connectivity index (χ0n) is 12.0. The van der Waals surface area contributed by atoms with E-state index < -0.39 is 0 Å². The zero-order chi connectivity index (χ0) is 13.3. The van der Waals surface area contributed by atoms with Crippen LogP contribution in [0.4, 0.5) is 11.5 Å². The van der Waals surface area contributed by atoms with E-state index in [2.05, 4.69) is 30.8 Å². The van der Waals surface area contributed by atoms with E-state index in [0.717, 1.165) is 17.2 Å². The van der Waals surface area contributed by atoms with Crippen molar-refractivity contribution in [2.75, 3.05) is 17.7 Å². The van der Waals surface area contributed by atoms with Crippen LogP contribution in [0.3, 0.4) is 0 Å². The number of rotatable bonds is 2. The first-order valence-electron chi connectivity index (χ1n) is 6.85. The normalized spacial score (nSPS) is 19.8. The third kappa shape index (κ3) is 2.77. The van der Waals surface area contributed by atoms with Gasteiger partial charge in [-0.25, -0.2) is 4.98 Å². The summed E-state index contributed by atoms with van der Waals surface area (Å²) < 4.78 is 0. The summed E-state index contributed by atoms with van der Waals surface area (Å²) in [4.78, 5) is 6.91. The predicted molar refractivity (Wildman–Crippen MR) is 77.8 cm³/mol. The molecule has 1 saturated carbocycles. The summed E-state index contributed by atoms with van der Waals surface area (Å²) in [7, 11) is 2.15. The van der Waals surface area contributed by atoms with Crippen LogP contribution in [0.15, 0.2) is 12.1 Å². The van der Waals surface area contributed by atoms with Crippen molar-refractivity contribution in [2.24, 2.45) is 5.41 Å². The van der Waals surface area contributed by atoms with Crippen LogP contribution < -0.4 is 10.6 Å². The zero-order valence-corrected chi connectivity index (χ0v) is 12.0. The van der Waals surface area contributed by atoms with Crippen molar-refractivity contribution in [3.05, 3.63) is 17.8 Å². The van der Waals surface area contributed by atoms with Crippen LogP contribution in [0, 0.1) is 12.3 Å². The maximum absolute atomic E-state index is 5.82. The van der Waals surface area contributed by atoms with Crippen molar-refractivity contribution in [2.45, 2.75) is 52.5 Å². The third-order valence-corrected chi connectivity index (χ3v) is 4.33. The molecule has 1 aromatic heterocycles. The summed E-state index contributed by atoms with van der Waals surface area (Å²) in [6.07, 6.45) is 5.12. The molecule has 0 radical (unpaired) electrons. The van der Waals surface area contributed by atoms with E-state index in [0.29, 0.717) is 11.5 Å². The molecule has 0 aromatic carbocycles. The third-order valence-electron chi connectivity index (χ3n) is 4.33. The Bertz CT molecular complexity index is 416. The lowest BCUT2D eigenvalue weighted by Crippen LogP contribution is -2.37. The first-order chi connectivity index (χ1) is 8.39. The second kappa shape index (κ2) is 4.79. The Morgan fingerprint density at radius 1 is 1.28 bits per heavy atom. The van der Waals surface area contributed by atoms with E-state index in [1.807, 2.05) is 19.1 Å². The summed E-state index contributed by atoms with van der Waals surface area (Å²) in [5.74, 6) is 1.05. The first-order valence-corrected chi connectivity index (χ1v) is 6.85. The van der Waals surface area contributed by atoms with Crippen LogP contribution in [-0.4, -0.2) is 18.1 Å². The van der Waals surface area contributed by atoms with Gasteiger partial charge in [0.1, 0.15) is 5.82 Å². The standard InChI is InChI=1S/C15H25N3/c1-11-13(16)5-6-14(17-11)18(4)12-7-9-15(2,3)10-8-12/h5-6,12H,7-10,16H2,1-4H3. The molecule has 1 heterocycles. The van der Waals surface area contributed by atoms with Gasteiger partial charge in [0.2, 0.25) is 0 Å². The predicted octanol–water partition coefficient (Wildman–Crippen LogP) is 3.38. The highest BCUT2D eigenvalue weighted by Gasteiger charge is 2.29. The highest BCUT2D eigenvalue weighted by Crippen LogP contribution is 2.37. The second-order valence-corrected chi connectivity index (χ2v) is 6.35. The lowest BCUT2D eigenvalue weighted by atomic mass is 9.75. The van der Waals surface area contributed by atoms with Crippen LogP contribution >= 0.6 is 0 Å². The number of nitrogens with two attached hydrogens (primary N) is 1. The molecule has 0 spiro atoms. The molecule has 0 saturated heterocycles. The van der Waals surface area contributed by atoms with Crippen LogP contribution in [0.1, 0.15) is 45.2 Å². The van der Waals surface area contributed by atoms with Gasteiger partial charge < -0.3 is 10.6 Å². The largest absolute Gasteiger partial charge is 0.397 e. The molecule has 3 heteroatoms. The number of aromatic nitrogens is 1. The Kier molecular flexibility index (Phi) is 3.51. The lowest BCUT2D eigenvalue weighted by Gasteiger charge is -2.39. The average molecular weight is 247 g/mol. The van der Waals surface area contributed by atoms with Gasteiger partial charge in [-0.2, -0.15) is 0 Å². The fourth-order valence-corrected chi connectivity index (χ4v) is 2.71. The minimum absolute atomic E-state index is 0.516. The van der Waals surface area contributed by atoms with Gasteiger partial charge in [0.15, 0.2) is 0 Å². The minimum Gasteiger partial charge on any atom is -0.397 e. The van der Waals surface area contributed by atoms with E-state index >= 15 is 0 Å². The first kappa shape index (κ1) is 13.2. The van der Waals surface area contributed by atoms with Gasteiger partial charge in [-0.1, -0.05) is 13.8 Å². The molecule has 0 bridgehead atoms. The number of pyridine rings is 1. The fraction of sp³-hybridized carbons (Fsp3) is 0.667. The van der Waals surface area contributed by atoms with E-state index in [4.69, 9.17) is 5.73 Å². The summed E-state index contributed by atoms with van der Waals surface area (Å²) in [5, 5.41) is 0. The number of hydrogen-bond donors (Lipinski definition) is 1. The Balaban J connectivity index is 2.07. The van der Waals surface area contributed by atoms with Crippen molar-refractivity contribution in [1.29, 1.82) is 0 Å². The lowest BCUT2D eigenvalue weighted by molar-refractivity contribution is 0.222. The summed E-state index contributed by atoms with van der Waals surface area (Å²) in [6, 6.07) is 4.61. The summed E-state index contributed by atoms with van der Waals surface area (Å²) >= 11 is 0. The van der Waals surface area contributed by atoms with Gasteiger partial charge in [-0.3, -0.25) is 0 Å². The molecule has 1 aliphatic rings. The van der Waals surface area contributed by atoms with Crippen LogP contribution in [0.5, 0.6) is 0 Å². The Morgan fingerprint density at radius 3 is 2.44 bits per heavy atom. The number of nitrogens with zero attached hydrogens (tertiary/aromatic N) is 2. The summed E-state index contributed by atoms with van der Waals surface area (Å²) in [6.45, 7) is 6.71. The molecule has 0 amide bonds. The molecule has 2 N–H and O–H groups in total. The van der Waals surface area contributed by atoms with E-state index in [-0.39, 0.29) is 0 Å². The maximum Gasteiger partial charge on any atom is 0.128 e. The SMILES string of the molecule is Cc1nc(N(C)C2CCC(C)(C)CC2)ccc1N. The Hall–Kier alpha value is -1.25. The molecular formula is C15H25N3. The molecule has 0 unspecified atom stereocenters. The van der Waals surface area contributed by atoms with Gasteiger partial charge >= 0.3 is 0 Å². The Labute approximate surface area is 110 Å². The van der Waals surface area contributed by atoms with Gasteiger partial charge in [-0.05, 0) is 50.2 Å². The van der Waals surface area contributed by atoms with E-state index in [1.54, 1.807) is 0 Å². The molecule has 3 nitrogen and oxygen atoms in total. The molecule has 18 heavy (non-hydrogen) atoms. The minimum atomic E-state index is 0.516. The van der Waals surface area contributed by atoms with Crippen molar-refractivity contribution in [1.82, 2.24) is 4.98 Å². The van der Waals surface area contributed by atoms with E-state index in [1.165, 1.54) is 25.7 Å². The number of nitrogen functional groups attached to an aromatic ring is 1. The fourth-order valence-electron chi connectivity index (χ4n) is 2.71. The quantitative estimate of drug-likeness (QED) is 0.871. The molecular weight excluding hydrogens is 222 g/mol. The molecule has 0 atom stereocenters. The molecule has 0 aliphatic heterocycles. The number of aryl methyl sites for hydroxylation is 1. The van der Waals surface area contributed by atoms with Gasteiger partial charge in [-0.15, -0.1) is 0 Å². The van der Waals surface area contributed by atoms with Crippen molar-refractivity contribution in [3.8, 4) is 0 Å². The maximum atomic E-state index is 5.82. The molecule has 100 valence electrons. The molecule has 1 aliphatic carbocycles. The van der Waals surface area contributed by atoms with Gasteiger partial charge in [0, 0.05) is 13.1 Å². The number of hydrogen-bond acceptors (Lipinski definition) is 3. The second-order valence-electron chi connectivity index (χ2n) is 6.35. The van der Waals surface area contributed by atoms with Crippen LogP contribution in [0.2, 0.25) is 0 Å². The molecule has 1 aromatic rings. The summed E-state index contributed by atoms with van der Waals surface area (Å²) in [5.41, 5.74) is 8.04. The highest BCUT2D eigenvalue weighted by atomic mass is 15.2. The van der Waals surface area contributed by atoms with E-state index in [9.17, 15) is 0 Å². The van der Waals surface area contributed by atoms with Crippen LogP contribution in [-0.2, 0) is 0 Å².